The van der Waals surface area contributed by atoms with E-state index in [-0.39, 0.29) is 51.4 Å². The zero-order valence-electron chi connectivity index (χ0n) is 19.9. The Bertz CT molecular complexity index is 1440. The van der Waals surface area contributed by atoms with Crippen molar-refractivity contribution in [3.63, 3.8) is 0 Å². The maximum absolute atomic E-state index is 12.8. The number of ether oxygens (including phenoxy) is 1. The van der Waals surface area contributed by atoms with Crippen molar-refractivity contribution < 1.29 is 36.3 Å². The highest BCUT2D eigenvalue weighted by Crippen LogP contribution is 2.36. The van der Waals surface area contributed by atoms with Gasteiger partial charge in [0, 0.05) is 19.7 Å². The number of aromatic nitrogens is 2. The number of anilines is 2. The first-order chi connectivity index (χ1) is 18.3. The fourth-order valence-corrected chi connectivity index (χ4v) is 3.87. The average molecular weight is 593 g/mol. The zero-order chi connectivity index (χ0) is 28.9. The van der Waals surface area contributed by atoms with Crippen molar-refractivity contribution in [2.75, 3.05) is 18.5 Å². The number of benzene rings is 2. The third-order valence-electron chi connectivity index (χ3n) is 5.16. The highest BCUT2D eigenvalue weighted by molar-refractivity contribution is 6.39. The molecule has 2 amide bonds. The number of nitrogens with zero attached hydrogens (tertiary/aromatic N) is 3. The number of carbonyl (C=O) groups is 2. The molecule has 0 spiro atoms. The number of carbonyl (C=O) groups excluding carboxylic acids is 2. The van der Waals surface area contributed by atoms with Crippen LogP contribution >= 0.6 is 23.2 Å². The van der Waals surface area contributed by atoms with Crippen LogP contribution in [0, 0.1) is 11.3 Å². The van der Waals surface area contributed by atoms with Crippen LogP contribution in [0.5, 0.6) is 5.75 Å². The Labute approximate surface area is 227 Å². The van der Waals surface area contributed by atoms with Gasteiger partial charge in [0.05, 0.1) is 38.4 Å². The van der Waals surface area contributed by atoms with Crippen molar-refractivity contribution in [3.05, 3.63) is 45.4 Å². The predicted molar refractivity (Wildman–Crippen MR) is 132 cm³/mol. The van der Waals surface area contributed by atoms with Crippen molar-refractivity contribution in [3.8, 4) is 11.8 Å². The van der Waals surface area contributed by atoms with Gasteiger partial charge in [0.2, 0.25) is 11.9 Å². The van der Waals surface area contributed by atoms with Crippen LogP contribution in [-0.2, 0) is 18.4 Å². The van der Waals surface area contributed by atoms with Crippen LogP contribution in [-0.4, -0.2) is 47.1 Å². The van der Waals surface area contributed by atoms with E-state index >= 15 is 0 Å². The number of rotatable bonds is 10. The summed E-state index contributed by atoms with van der Waals surface area (Å²) in [4.78, 5) is 28.4. The molecule has 3 N–H and O–H groups in total. The first-order valence-electron chi connectivity index (χ1n) is 10.9. The van der Waals surface area contributed by atoms with Crippen LogP contribution in [0.3, 0.4) is 0 Å². The lowest BCUT2D eigenvalue weighted by Crippen LogP contribution is -2.34. The molecule has 0 radical (unpaired) electrons. The second-order valence-corrected chi connectivity index (χ2v) is 8.75. The van der Waals surface area contributed by atoms with Crippen molar-refractivity contribution >= 4 is 57.7 Å². The topological polar surface area (TPSA) is 121 Å². The second-order valence-electron chi connectivity index (χ2n) is 7.96. The number of hydrogen-bond acceptors (Lipinski definition) is 6. The molecule has 0 bridgehead atoms. The fourth-order valence-electron chi connectivity index (χ4n) is 3.34. The summed E-state index contributed by atoms with van der Waals surface area (Å²) in [6.07, 6.45) is -7.94. The summed E-state index contributed by atoms with van der Waals surface area (Å²) >= 11 is 12.8. The molecular weight excluding hydrogens is 574 g/mol. The Hall–Kier alpha value is -3.83. The van der Waals surface area contributed by atoms with Gasteiger partial charge < -0.3 is 25.3 Å². The normalized spacial score (nSPS) is 11.4. The molecule has 0 aliphatic heterocycles. The molecule has 0 saturated carbocycles. The Morgan fingerprint density at radius 3 is 2.56 bits per heavy atom. The summed E-state index contributed by atoms with van der Waals surface area (Å²) in [5.74, 6) is -1.96. The Kier molecular flexibility index (Phi) is 9.41. The molecule has 0 aliphatic carbocycles. The first-order valence-corrected chi connectivity index (χ1v) is 11.7. The highest BCUT2D eigenvalue weighted by Gasteiger charge is 2.29. The van der Waals surface area contributed by atoms with Crippen LogP contribution in [0.2, 0.25) is 10.0 Å². The van der Waals surface area contributed by atoms with E-state index < -0.39 is 43.1 Å². The molecule has 39 heavy (non-hydrogen) atoms. The maximum atomic E-state index is 12.8. The molecule has 0 aliphatic rings. The van der Waals surface area contributed by atoms with Crippen LogP contribution in [0.15, 0.2) is 24.3 Å². The number of nitrogens with one attached hydrogen (secondary N) is 3. The number of amides is 2. The standard InChI is InChI=1S/C23H19Cl2F5N6O3/c1-36-15-7-16(39-9-17(26)27)12(21(38)33-10-23(28,29)30)6-14(15)34-22(36)35-20-13(24)3-2-11(19(20)25)8-32-18(37)4-5-31/h2-3,6-7,17H,4,8-10H2,1H3,(H,32,37)(H,33,38)(H,34,35). The Morgan fingerprint density at radius 1 is 1.21 bits per heavy atom. The van der Waals surface area contributed by atoms with Gasteiger partial charge in [0.1, 0.15) is 25.3 Å². The molecule has 0 unspecified atom stereocenters. The first kappa shape index (κ1) is 29.7. The van der Waals surface area contributed by atoms with E-state index in [1.165, 1.54) is 23.7 Å². The minimum atomic E-state index is -4.70. The van der Waals surface area contributed by atoms with Gasteiger partial charge in [-0.1, -0.05) is 29.3 Å². The Balaban J connectivity index is 1.98. The van der Waals surface area contributed by atoms with E-state index in [2.05, 4.69) is 15.6 Å². The van der Waals surface area contributed by atoms with E-state index in [1.807, 2.05) is 0 Å². The molecule has 1 aromatic heterocycles. The van der Waals surface area contributed by atoms with Crippen molar-refractivity contribution in [1.82, 2.24) is 20.2 Å². The van der Waals surface area contributed by atoms with Gasteiger partial charge in [-0.3, -0.25) is 9.59 Å². The molecule has 0 fully saturated rings. The largest absolute Gasteiger partial charge is 0.487 e. The number of hydrogen-bond donors (Lipinski definition) is 3. The monoisotopic (exact) mass is 592 g/mol. The quantitative estimate of drug-likeness (QED) is 0.282. The molecule has 0 atom stereocenters. The highest BCUT2D eigenvalue weighted by atomic mass is 35.5. The van der Waals surface area contributed by atoms with Crippen LogP contribution in [0.1, 0.15) is 22.3 Å². The number of aryl methyl sites for hydroxylation is 1. The average Bonchev–Trinajstić information content (AvgIpc) is 3.16. The summed E-state index contributed by atoms with van der Waals surface area (Å²) in [6.45, 7) is -2.75. The van der Waals surface area contributed by atoms with Crippen molar-refractivity contribution in [2.24, 2.45) is 7.05 Å². The summed E-state index contributed by atoms with van der Waals surface area (Å²) in [5.41, 5.74) is 0.624. The maximum Gasteiger partial charge on any atom is 0.405 e. The van der Waals surface area contributed by atoms with Gasteiger partial charge in [0.25, 0.3) is 12.3 Å². The zero-order valence-corrected chi connectivity index (χ0v) is 21.4. The molecular formula is C23H19Cl2F5N6O3. The molecule has 208 valence electrons. The molecule has 3 aromatic rings. The lowest BCUT2D eigenvalue weighted by atomic mass is 10.1. The van der Waals surface area contributed by atoms with E-state index in [9.17, 15) is 31.5 Å². The van der Waals surface area contributed by atoms with Crippen molar-refractivity contribution in [1.29, 1.82) is 5.26 Å². The summed E-state index contributed by atoms with van der Waals surface area (Å²) in [5, 5.41) is 16.1. The minimum absolute atomic E-state index is 0.00499. The van der Waals surface area contributed by atoms with Crippen LogP contribution < -0.4 is 20.7 Å². The Morgan fingerprint density at radius 2 is 1.92 bits per heavy atom. The van der Waals surface area contributed by atoms with Gasteiger partial charge in [-0.15, -0.1) is 0 Å². The lowest BCUT2D eigenvalue weighted by Gasteiger charge is -2.14. The third-order valence-corrected chi connectivity index (χ3v) is 5.91. The summed E-state index contributed by atoms with van der Waals surface area (Å²) in [6, 6.07) is 7.10. The molecule has 16 heteroatoms. The van der Waals surface area contributed by atoms with Gasteiger partial charge in [0.15, 0.2) is 0 Å². The van der Waals surface area contributed by atoms with E-state index in [4.69, 9.17) is 33.2 Å². The number of nitriles is 1. The molecule has 0 saturated heterocycles. The number of imidazole rings is 1. The number of alkyl halides is 5. The molecule has 9 nitrogen and oxygen atoms in total. The SMILES string of the molecule is Cn1c(Nc2c(Cl)ccc(CNC(=O)CC#N)c2Cl)nc2cc(C(=O)NCC(F)(F)F)c(OCC(F)F)cc21. The lowest BCUT2D eigenvalue weighted by molar-refractivity contribution is -0.123. The van der Waals surface area contributed by atoms with Gasteiger partial charge in [-0.2, -0.15) is 18.4 Å². The molecule has 3 rings (SSSR count). The number of fused-ring (bicyclic) bond motifs is 1. The van der Waals surface area contributed by atoms with Crippen LogP contribution in [0.4, 0.5) is 33.6 Å². The molecule has 2 aromatic carbocycles. The minimum Gasteiger partial charge on any atom is -0.487 e. The fraction of sp³-hybridized carbons (Fsp3) is 0.304. The summed E-state index contributed by atoms with van der Waals surface area (Å²) in [7, 11) is 1.53. The second kappa shape index (κ2) is 12.4. The number of halogens is 7. The van der Waals surface area contributed by atoms with Crippen LogP contribution in [0.25, 0.3) is 11.0 Å². The van der Waals surface area contributed by atoms with Crippen molar-refractivity contribution in [2.45, 2.75) is 25.6 Å². The van der Waals surface area contributed by atoms with Gasteiger partial charge in [-0.05, 0) is 17.7 Å². The predicted octanol–water partition coefficient (Wildman–Crippen LogP) is 5.09. The van der Waals surface area contributed by atoms with E-state index in [0.29, 0.717) is 5.56 Å². The van der Waals surface area contributed by atoms with E-state index in [1.54, 1.807) is 17.5 Å². The summed E-state index contributed by atoms with van der Waals surface area (Å²) < 4.78 is 69.8. The van der Waals surface area contributed by atoms with Gasteiger partial charge in [-0.25, -0.2) is 13.8 Å². The van der Waals surface area contributed by atoms with Gasteiger partial charge >= 0.3 is 6.18 Å². The molecule has 1 heterocycles. The smallest absolute Gasteiger partial charge is 0.405 e. The third kappa shape index (κ3) is 7.61. The van der Waals surface area contributed by atoms with E-state index in [0.717, 1.165) is 6.07 Å².